The molecule has 1 aromatic heterocycles. The Labute approximate surface area is 114 Å². The number of amides is 1. The van der Waals surface area contributed by atoms with Crippen LogP contribution in [0.3, 0.4) is 0 Å². The van der Waals surface area contributed by atoms with Gasteiger partial charge in [-0.25, -0.2) is 13.8 Å². The van der Waals surface area contributed by atoms with Gasteiger partial charge in [0.25, 0.3) is 0 Å². The van der Waals surface area contributed by atoms with Gasteiger partial charge < -0.3 is 20.0 Å². The summed E-state index contributed by atoms with van der Waals surface area (Å²) in [7, 11) is -2.52. The number of rotatable bonds is 3. The number of carbonyl (C=O) groups excluding carboxylic acids is 1. The Bertz CT molecular complexity index is 694. The molecule has 0 bridgehead atoms. The summed E-state index contributed by atoms with van der Waals surface area (Å²) in [4.78, 5) is 14.4. The molecule has 3 N–H and O–H groups in total. The van der Waals surface area contributed by atoms with E-state index < -0.39 is 46.6 Å². The quantitative estimate of drug-likeness (QED) is 0.582. The summed E-state index contributed by atoms with van der Waals surface area (Å²) in [5, 5.41) is 19.2. The number of nitrogens with one attached hydrogen (secondary N) is 1. The van der Waals surface area contributed by atoms with E-state index in [1.807, 2.05) is 0 Å². The van der Waals surface area contributed by atoms with Crippen LogP contribution in [-0.2, 0) is 4.79 Å². The molecule has 6 nitrogen and oxygen atoms in total. The molecule has 1 amide bonds. The zero-order valence-electron chi connectivity index (χ0n) is 9.78. The molecule has 0 radical (unpaired) electrons. The Morgan fingerprint density at radius 3 is 2.50 bits per heavy atom. The van der Waals surface area contributed by atoms with E-state index in [2.05, 4.69) is 15.0 Å². The number of thiazole rings is 1. The van der Waals surface area contributed by atoms with E-state index >= 15 is 0 Å². The van der Waals surface area contributed by atoms with Crippen LogP contribution in [0.1, 0.15) is 6.92 Å². The average Bonchev–Trinajstić information content (AvgIpc) is 2.75. The van der Waals surface area contributed by atoms with Gasteiger partial charge in [0.1, 0.15) is 5.52 Å². The van der Waals surface area contributed by atoms with Gasteiger partial charge in [0.2, 0.25) is 11.7 Å². The Hall–Kier alpha value is -1.85. The van der Waals surface area contributed by atoms with E-state index in [0.29, 0.717) is 11.3 Å². The minimum absolute atomic E-state index is 0.133. The third kappa shape index (κ3) is 2.55. The molecule has 1 heterocycles. The van der Waals surface area contributed by atoms with Gasteiger partial charge in [-0.2, -0.15) is 4.39 Å². The maximum Gasteiger partial charge on any atom is 0.707 e. The highest BCUT2D eigenvalue weighted by atomic mass is 32.1. The molecule has 0 aliphatic rings. The SMILES string of the molecule is CC(=O)Nc1nc2c(F)c(F)c(OB(O)O)c(F)c2s1. The number of benzene rings is 1. The van der Waals surface area contributed by atoms with Gasteiger partial charge in [-0.15, -0.1) is 0 Å². The van der Waals surface area contributed by atoms with Crippen LogP contribution in [0.25, 0.3) is 10.2 Å². The number of carbonyl (C=O) groups is 1. The first-order valence-corrected chi connectivity index (χ1v) is 5.90. The van der Waals surface area contributed by atoms with Crippen molar-refractivity contribution in [2.75, 3.05) is 5.32 Å². The van der Waals surface area contributed by atoms with Crippen LogP contribution >= 0.6 is 11.3 Å². The molecule has 0 saturated heterocycles. The number of hydrogen-bond acceptors (Lipinski definition) is 6. The fourth-order valence-corrected chi connectivity index (χ4v) is 2.37. The Morgan fingerprint density at radius 1 is 1.30 bits per heavy atom. The first kappa shape index (κ1) is 14.6. The number of fused-ring (bicyclic) bond motifs is 1. The molecular weight excluding hydrogens is 300 g/mol. The number of hydrogen-bond donors (Lipinski definition) is 3. The normalized spacial score (nSPS) is 10.7. The Kier molecular flexibility index (Phi) is 3.83. The standard InChI is InChI=1S/C9H6BF3N2O4S/c1-2(16)14-9-15-6-3(11)4(12)7(19-10(17)18)5(13)8(6)20-9/h17-18H,1H3,(H,14,15,16). The summed E-state index contributed by atoms with van der Waals surface area (Å²) >= 11 is 0.548. The van der Waals surface area contributed by atoms with E-state index in [1.165, 1.54) is 0 Å². The van der Waals surface area contributed by atoms with Crippen LogP contribution < -0.4 is 9.97 Å². The minimum atomic E-state index is -2.52. The molecule has 0 aliphatic carbocycles. The van der Waals surface area contributed by atoms with Crippen molar-refractivity contribution >= 4 is 39.9 Å². The average molecular weight is 306 g/mol. The number of nitrogens with zero attached hydrogens (tertiary/aromatic N) is 1. The summed E-state index contributed by atoms with van der Waals surface area (Å²) in [5.41, 5.74) is -0.631. The minimum Gasteiger partial charge on any atom is -0.507 e. The summed E-state index contributed by atoms with van der Waals surface area (Å²) < 4.78 is 44.8. The highest BCUT2D eigenvalue weighted by Crippen LogP contribution is 2.37. The van der Waals surface area contributed by atoms with Gasteiger partial charge >= 0.3 is 7.32 Å². The Balaban J connectivity index is 2.64. The van der Waals surface area contributed by atoms with Crippen LogP contribution in [0.15, 0.2) is 0 Å². The fraction of sp³-hybridized carbons (Fsp3) is 0.111. The van der Waals surface area contributed by atoms with Crippen LogP contribution in [0.2, 0.25) is 0 Å². The number of aromatic nitrogens is 1. The Morgan fingerprint density at radius 2 is 1.95 bits per heavy atom. The lowest BCUT2D eigenvalue weighted by molar-refractivity contribution is -0.114. The van der Waals surface area contributed by atoms with Gasteiger partial charge in [0.05, 0.1) is 4.70 Å². The second-order valence-corrected chi connectivity index (χ2v) is 4.59. The molecule has 0 saturated carbocycles. The number of anilines is 1. The van der Waals surface area contributed by atoms with Crippen molar-refractivity contribution in [3.05, 3.63) is 17.5 Å². The molecule has 0 spiro atoms. The zero-order chi connectivity index (χ0) is 15.0. The topological polar surface area (TPSA) is 91.7 Å². The summed E-state index contributed by atoms with van der Waals surface area (Å²) in [6.45, 7) is 1.16. The lowest BCUT2D eigenvalue weighted by atomic mass is 10.2. The summed E-state index contributed by atoms with van der Waals surface area (Å²) in [6.07, 6.45) is 0. The van der Waals surface area contributed by atoms with Gasteiger partial charge in [0, 0.05) is 6.92 Å². The van der Waals surface area contributed by atoms with E-state index in [9.17, 15) is 18.0 Å². The maximum atomic E-state index is 13.9. The van der Waals surface area contributed by atoms with Gasteiger partial charge in [-0.3, -0.25) is 4.79 Å². The highest BCUT2D eigenvalue weighted by Gasteiger charge is 2.27. The van der Waals surface area contributed by atoms with Crippen molar-refractivity contribution in [2.24, 2.45) is 0 Å². The van der Waals surface area contributed by atoms with Crippen molar-refractivity contribution in [3.8, 4) is 5.75 Å². The van der Waals surface area contributed by atoms with Gasteiger partial charge in [0.15, 0.2) is 22.5 Å². The molecule has 20 heavy (non-hydrogen) atoms. The predicted octanol–water partition coefficient (Wildman–Crippen LogP) is 1.02. The molecule has 0 fully saturated rings. The maximum absolute atomic E-state index is 13.9. The summed E-state index contributed by atoms with van der Waals surface area (Å²) in [6, 6.07) is 0. The molecule has 0 atom stereocenters. The zero-order valence-corrected chi connectivity index (χ0v) is 10.6. The van der Waals surface area contributed by atoms with Crippen molar-refractivity contribution in [1.82, 2.24) is 4.98 Å². The monoisotopic (exact) mass is 306 g/mol. The van der Waals surface area contributed by atoms with Crippen molar-refractivity contribution in [1.29, 1.82) is 0 Å². The van der Waals surface area contributed by atoms with Crippen LogP contribution in [-0.4, -0.2) is 28.3 Å². The molecule has 11 heteroatoms. The van der Waals surface area contributed by atoms with Crippen molar-refractivity contribution in [2.45, 2.75) is 6.92 Å². The molecule has 0 aliphatic heterocycles. The lowest BCUT2D eigenvalue weighted by Crippen LogP contribution is -2.22. The van der Waals surface area contributed by atoms with Crippen molar-refractivity contribution in [3.63, 3.8) is 0 Å². The van der Waals surface area contributed by atoms with Gasteiger partial charge in [-0.1, -0.05) is 11.3 Å². The van der Waals surface area contributed by atoms with Crippen LogP contribution in [0, 0.1) is 17.5 Å². The molecule has 106 valence electrons. The molecule has 0 unspecified atom stereocenters. The van der Waals surface area contributed by atoms with E-state index in [4.69, 9.17) is 10.0 Å². The first-order valence-electron chi connectivity index (χ1n) is 5.08. The first-order chi connectivity index (χ1) is 9.31. The number of halogens is 3. The highest BCUT2D eigenvalue weighted by molar-refractivity contribution is 7.22. The van der Waals surface area contributed by atoms with Crippen LogP contribution in [0.4, 0.5) is 18.3 Å². The van der Waals surface area contributed by atoms with E-state index in [1.54, 1.807) is 0 Å². The second-order valence-electron chi connectivity index (χ2n) is 3.59. The summed E-state index contributed by atoms with van der Waals surface area (Å²) in [5.74, 6) is -6.41. The van der Waals surface area contributed by atoms with E-state index in [-0.39, 0.29) is 5.13 Å². The van der Waals surface area contributed by atoms with E-state index in [0.717, 1.165) is 6.92 Å². The molecule has 2 aromatic rings. The largest absolute Gasteiger partial charge is 0.707 e. The second kappa shape index (κ2) is 5.27. The third-order valence-corrected chi connectivity index (χ3v) is 3.10. The van der Waals surface area contributed by atoms with Crippen LogP contribution in [0.5, 0.6) is 5.75 Å². The third-order valence-electron chi connectivity index (χ3n) is 2.13. The molecule has 1 aromatic carbocycles. The van der Waals surface area contributed by atoms with Gasteiger partial charge in [-0.05, 0) is 0 Å². The molecular formula is C9H6BF3N2O4S. The van der Waals surface area contributed by atoms with Crippen molar-refractivity contribution < 1.29 is 32.7 Å². The fourth-order valence-electron chi connectivity index (χ4n) is 1.43. The predicted molar refractivity (Wildman–Crippen MR) is 64.6 cm³/mol. The smallest absolute Gasteiger partial charge is 0.507 e. The molecule has 2 rings (SSSR count). The lowest BCUT2D eigenvalue weighted by Gasteiger charge is -2.08.